The molecule has 0 fully saturated rings. The average Bonchev–Trinajstić information content (AvgIpc) is 2.90. The van der Waals surface area contributed by atoms with E-state index in [2.05, 4.69) is 10.2 Å². The molecule has 1 aromatic heterocycles. The molecule has 100 valence electrons. The van der Waals surface area contributed by atoms with E-state index in [1.54, 1.807) is 7.11 Å². The van der Waals surface area contributed by atoms with Gasteiger partial charge in [0.1, 0.15) is 5.75 Å². The van der Waals surface area contributed by atoms with Crippen LogP contribution in [-0.4, -0.2) is 21.9 Å². The predicted molar refractivity (Wildman–Crippen MR) is 76.2 cm³/mol. The fourth-order valence-corrected chi connectivity index (χ4v) is 2.07. The third-order valence-electron chi connectivity index (χ3n) is 3.01. The van der Waals surface area contributed by atoms with E-state index in [1.165, 1.54) is 4.57 Å². The summed E-state index contributed by atoms with van der Waals surface area (Å²) in [7, 11) is 1.61. The fourth-order valence-electron chi connectivity index (χ4n) is 2.07. The summed E-state index contributed by atoms with van der Waals surface area (Å²) in [6.45, 7) is 0. The van der Waals surface area contributed by atoms with Gasteiger partial charge in [0.05, 0.1) is 12.8 Å². The van der Waals surface area contributed by atoms with Crippen molar-refractivity contribution in [2.45, 2.75) is 0 Å². The number of aromatic nitrogens is 3. The molecule has 1 N–H and O–H groups in total. The molecule has 0 bridgehead atoms. The van der Waals surface area contributed by atoms with Crippen molar-refractivity contribution >= 4 is 0 Å². The van der Waals surface area contributed by atoms with Crippen LogP contribution in [0, 0.1) is 0 Å². The van der Waals surface area contributed by atoms with E-state index in [9.17, 15) is 4.79 Å². The maximum Gasteiger partial charge on any atom is 0.348 e. The molecule has 2 aromatic carbocycles. The molecule has 5 nitrogen and oxygen atoms in total. The predicted octanol–water partition coefficient (Wildman–Crippen LogP) is 2.24. The first-order valence-corrected chi connectivity index (χ1v) is 6.17. The van der Waals surface area contributed by atoms with Crippen molar-refractivity contribution in [3.05, 3.63) is 65.1 Å². The fraction of sp³-hybridized carbons (Fsp3) is 0.0667. The Kier molecular flexibility index (Phi) is 3.09. The molecule has 0 atom stereocenters. The van der Waals surface area contributed by atoms with Gasteiger partial charge in [0.15, 0.2) is 5.82 Å². The Morgan fingerprint density at radius 2 is 1.90 bits per heavy atom. The van der Waals surface area contributed by atoms with Crippen molar-refractivity contribution in [3.63, 3.8) is 0 Å². The maximum atomic E-state index is 12.0. The molecule has 0 spiro atoms. The molecule has 0 aliphatic heterocycles. The Balaban J connectivity index is 2.18. The van der Waals surface area contributed by atoms with E-state index in [1.807, 2.05) is 54.6 Å². The summed E-state index contributed by atoms with van der Waals surface area (Å²) < 4.78 is 6.74. The molecule has 0 aliphatic rings. The van der Waals surface area contributed by atoms with Gasteiger partial charge in [0.25, 0.3) is 0 Å². The van der Waals surface area contributed by atoms with Crippen LogP contribution in [0.3, 0.4) is 0 Å². The Hall–Kier alpha value is -2.82. The van der Waals surface area contributed by atoms with Gasteiger partial charge in [-0.1, -0.05) is 30.3 Å². The molecule has 5 heteroatoms. The molecule has 0 unspecified atom stereocenters. The lowest BCUT2D eigenvalue weighted by atomic mass is 10.2. The van der Waals surface area contributed by atoms with Crippen LogP contribution in [0.4, 0.5) is 0 Å². The zero-order valence-electron chi connectivity index (χ0n) is 10.9. The number of nitrogens with zero attached hydrogens (tertiary/aromatic N) is 2. The molecule has 0 saturated carbocycles. The summed E-state index contributed by atoms with van der Waals surface area (Å²) in [5, 5.41) is 6.60. The molecule has 0 saturated heterocycles. The standard InChI is InChI=1S/C15H13N3O2/c1-20-13-9-5-6-11(10-13)14-16-17-15(19)18(14)12-7-3-2-4-8-12/h2-10H,1H3,(H,17,19). The van der Waals surface area contributed by atoms with Gasteiger partial charge < -0.3 is 4.74 Å². The molecule has 0 radical (unpaired) electrons. The first kappa shape index (κ1) is 12.2. The molecular formula is C15H13N3O2. The number of para-hydroxylation sites is 1. The Morgan fingerprint density at radius 3 is 2.65 bits per heavy atom. The average molecular weight is 267 g/mol. The maximum absolute atomic E-state index is 12.0. The Labute approximate surface area is 115 Å². The lowest BCUT2D eigenvalue weighted by Gasteiger charge is -2.06. The zero-order valence-corrected chi connectivity index (χ0v) is 10.9. The minimum absolute atomic E-state index is 0.269. The van der Waals surface area contributed by atoms with Crippen molar-refractivity contribution in [2.75, 3.05) is 7.11 Å². The SMILES string of the molecule is COc1cccc(-c2n[nH]c(=O)n2-c2ccccc2)c1. The number of methoxy groups -OCH3 is 1. The Morgan fingerprint density at radius 1 is 1.10 bits per heavy atom. The molecule has 20 heavy (non-hydrogen) atoms. The van der Waals surface area contributed by atoms with Crippen LogP contribution in [0.1, 0.15) is 0 Å². The van der Waals surface area contributed by atoms with Gasteiger partial charge in [0.2, 0.25) is 0 Å². The second-order valence-electron chi connectivity index (χ2n) is 4.26. The summed E-state index contributed by atoms with van der Waals surface area (Å²) in [5.74, 6) is 1.28. The number of ether oxygens (including phenoxy) is 1. The van der Waals surface area contributed by atoms with Crippen LogP contribution in [0.5, 0.6) is 5.75 Å². The molecule has 0 amide bonds. The third kappa shape index (κ3) is 2.09. The quantitative estimate of drug-likeness (QED) is 0.791. The molecule has 0 aliphatic carbocycles. The highest BCUT2D eigenvalue weighted by molar-refractivity contribution is 5.60. The normalized spacial score (nSPS) is 10.4. The van der Waals surface area contributed by atoms with E-state index in [0.717, 1.165) is 17.0 Å². The van der Waals surface area contributed by atoms with Crippen molar-refractivity contribution in [3.8, 4) is 22.8 Å². The number of rotatable bonds is 3. The van der Waals surface area contributed by atoms with Crippen LogP contribution in [0.25, 0.3) is 17.1 Å². The second-order valence-corrected chi connectivity index (χ2v) is 4.26. The minimum Gasteiger partial charge on any atom is -0.497 e. The van der Waals surface area contributed by atoms with Crippen molar-refractivity contribution in [2.24, 2.45) is 0 Å². The van der Waals surface area contributed by atoms with Crippen LogP contribution >= 0.6 is 0 Å². The molecule has 3 rings (SSSR count). The van der Waals surface area contributed by atoms with Crippen LogP contribution in [-0.2, 0) is 0 Å². The monoisotopic (exact) mass is 267 g/mol. The van der Waals surface area contributed by atoms with E-state index in [0.29, 0.717) is 5.82 Å². The first-order chi connectivity index (χ1) is 9.79. The smallest absolute Gasteiger partial charge is 0.348 e. The van der Waals surface area contributed by atoms with Gasteiger partial charge >= 0.3 is 5.69 Å². The van der Waals surface area contributed by atoms with Gasteiger partial charge in [0, 0.05) is 5.56 Å². The van der Waals surface area contributed by atoms with Crippen molar-refractivity contribution in [1.29, 1.82) is 0 Å². The van der Waals surface area contributed by atoms with Crippen molar-refractivity contribution < 1.29 is 4.74 Å². The van der Waals surface area contributed by atoms with Gasteiger partial charge in [-0.2, -0.15) is 5.10 Å². The highest BCUT2D eigenvalue weighted by Gasteiger charge is 2.12. The zero-order chi connectivity index (χ0) is 13.9. The molecular weight excluding hydrogens is 254 g/mol. The summed E-state index contributed by atoms with van der Waals surface area (Å²) in [6, 6.07) is 16.8. The summed E-state index contributed by atoms with van der Waals surface area (Å²) in [4.78, 5) is 12.0. The van der Waals surface area contributed by atoms with E-state index in [-0.39, 0.29) is 5.69 Å². The number of nitrogens with one attached hydrogen (secondary N) is 1. The number of hydrogen-bond acceptors (Lipinski definition) is 3. The third-order valence-corrected chi connectivity index (χ3v) is 3.01. The lowest BCUT2D eigenvalue weighted by molar-refractivity contribution is 0.415. The first-order valence-electron chi connectivity index (χ1n) is 6.17. The molecule has 3 aromatic rings. The van der Waals surface area contributed by atoms with E-state index >= 15 is 0 Å². The summed E-state index contributed by atoms with van der Waals surface area (Å²) >= 11 is 0. The lowest BCUT2D eigenvalue weighted by Crippen LogP contribution is -2.15. The number of H-pyrrole nitrogens is 1. The van der Waals surface area contributed by atoms with E-state index in [4.69, 9.17) is 4.74 Å². The summed E-state index contributed by atoms with van der Waals surface area (Å²) in [6.07, 6.45) is 0. The van der Waals surface area contributed by atoms with Gasteiger partial charge in [-0.3, -0.25) is 0 Å². The van der Waals surface area contributed by atoms with Crippen molar-refractivity contribution in [1.82, 2.24) is 14.8 Å². The number of aromatic amines is 1. The minimum atomic E-state index is -0.269. The number of benzene rings is 2. The second kappa shape index (κ2) is 5.05. The van der Waals surface area contributed by atoms with Gasteiger partial charge in [-0.05, 0) is 24.3 Å². The molecule has 1 heterocycles. The topological polar surface area (TPSA) is 59.9 Å². The highest BCUT2D eigenvalue weighted by Crippen LogP contribution is 2.22. The van der Waals surface area contributed by atoms with Crippen LogP contribution < -0.4 is 10.4 Å². The number of hydrogen-bond donors (Lipinski definition) is 1. The van der Waals surface area contributed by atoms with E-state index < -0.39 is 0 Å². The van der Waals surface area contributed by atoms with Gasteiger partial charge in [-0.15, -0.1) is 0 Å². The largest absolute Gasteiger partial charge is 0.497 e. The summed E-state index contributed by atoms with van der Waals surface area (Å²) in [5.41, 5.74) is 1.31. The highest BCUT2D eigenvalue weighted by atomic mass is 16.5. The van der Waals surface area contributed by atoms with Gasteiger partial charge in [-0.25, -0.2) is 14.5 Å². The van der Waals surface area contributed by atoms with Crippen LogP contribution in [0.2, 0.25) is 0 Å². The Bertz CT molecular complexity index is 775. The van der Waals surface area contributed by atoms with Crippen LogP contribution in [0.15, 0.2) is 59.4 Å².